The van der Waals surface area contributed by atoms with Crippen LogP contribution < -0.4 is 21.3 Å². The largest absolute Gasteiger partial charge is 0.389 e. The lowest BCUT2D eigenvalue weighted by atomic mass is 10.0. The predicted octanol–water partition coefficient (Wildman–Crippen LogP) is 3.87. The zero-order chi connectivity index (χ0) is 30.8. The molecule has 2 aliphatic heterocycles. The number of rotatable bonds is 9. The van der Waals surface area contributed by atoms with Crippen molar-refractivity contribution in [1.82, 2.24) is 24.8 Å². The molecule has 6 N–H and O–H groups in total. The van der Waals surface area contributed by atoms with Crippen LogP contribution >= 0.6 is 0 Å². The minimum absolute atomic E-state index is 0.0383. The standard InChI is InChI=1S/C33H43N9O2/c1-33(2,44)21-36-31-28(26-5-4-6-27-25(26)11-14-35-27)38-29(30(34)43)32(39-31)37-22-7-9-23(10-8-22)41-15-12-24(13-16-41)42-19-17-40(3)18-20-42/h4-11,14,24,35,44H,12-13,15-21H2,1-3H3,(H2,34,43)(H2,36,37,39). The maximum absolute atomic E-state index is 12.7. The van der Waals surface area contributed by atoms with E-state index in [-0.39, 0.29) is 18.1 Å². The summed E-state index contributed by atoms with van der Waals surface area (Å²) in [6, 6.07) is 16.6. The number of likely N-dealkylation sites (N-methyl/N-ethyl adjacent to an activating group) is 1. The molecule has 2 aromatic carbocycles. The van der Waals surface area contributed by atoms with Crippen molar-refractivity contribution >= 4 is 39.8 Å². The van der Waals surface area contributed by atoms with Crippen LogP contribution in [-0.4, -0.2) is 100 Å². The number of aromatic amines is 1. The Morgan fingerprint density at radius 2 is 1.73 bits per heavy atom. The van der Waals surface area contributed by atoms with Crippen molar-refractivity contribution < 1.29 is 9.90 Å². The number of benzene rings is 2. The molecule has 2 aliphatic rings. The van der Waals surface area contributed by atoms with Gasteiger partial charge in [0.2, 0.25) is 0 Å². The Hall–Kier alpha value is -4.19. The average Bonchev–Trinajstić information content (AvgIpc) is 3.50. The van der Waals surface area contributed by atoms with Crippen LogP contribution in [-0.2, 0) is 0 Å². The molecule has 44 heavy (non-hydrogen) atoms. The second-order valence-electron chi connectivity index (χ2n) is 12.6. The van der Waals surface area contributed by atoms with Gasteiger partial charge in [-0.3, -0.25) is 9.69 Å². The minimum Gasteiger partial charge on any atom is -0.389 e. The average molecular weight is 598 g/mol. The van der Waals surface area contributed by atoms with E-state index >= 15 is 0 Å². The van der Waals surface area contributed by atoms with Crippen molar-refractivity contribution in [2.24, 2.45) is 5.73 Å². The summed E-state index contributed by atoms with van der Waals surface area (Å²) in [7, 11) is 2.20. The molecule has 1 amide bonds. The lowest BCUT2D eigenvalue weighted by molar-refractivity contribution is 0.0942. The molecule has 4 aromatic rings. The number of carbonyl (C=O) groups excluding carboxylic acids is 1. The summed E-state index contributed by atoms with van der Waals surface area (Å²) >= 11 is 0. The van der Waals surface area contributed by atoms with Gasteiger partial charge in [-0.25, -0.2) is 9.97 Å². The second kappa shape index (κ2) is 12.4. The number of aromatic nitrogens is 3. The van der Waals surface area contributed by atoms with Gasteiger partial charge in [-0.2, -0.15) is 0 Å². The number of fused-ring (bicyclic) bond motifs is 1. The van der Waals surface area contributed by atoms with E-state index < -0.39 is 11.5 Å². The van der Waals surface area contributed by atoms with Crippen LogP contribution in [0.1, 0.15) is 37.2 Å². The Labute approximate surface area is 258 Å². The van der Waals surface area contributed by atoms with Crippen LogP contribution in [0.25, 0.3) is 22.2 Å². The number of anilines is 4. The van der Waals surface area contributed by atoms with E-state index in [1.165, 1.54) is 18.5 Å². The molecule has 0 radical (unpaired) electrons. The summed E-state index contributed by atoms with van der Waals surface area (Å²) < 4.78 is 0. The van der Waals surface area contributed by atoms with Crippen LogP contribution in [0.5, 0.6) is 0 Å². The molecule has 11 heteroatoms. The maximum atomic E-state index is 12.7. The molecule has 4 heterocycles. The Morgan fingerprint density at radius 3 is 2.41 bits per heavy atom. The third-order valence-corrected chi connectivity index (χ3v) is 8.68. The van der Waals surface area contributed by atoms with Gasteiger partial charge < -0.3 is 36.3 Å². The van der Waals surface area contributed by atoms with Gasteiger partial charge >= 0.3 is 0 Å². The van der Waals surface area contributed by atoms with Crippen molar-refractivity contribution in [3.05, 3.63) is 60.4 Å². The highest BCUT2D eigenvalue weighted by Crippen LogP contribution is 2.34. The first-order valence-corrected chi connectivity index (χ1v) is 15.4. The molecular formula is C33H43N9O2. The van der Waals surface area contributed by atoms with Crippen molar-refractivity contribution in [2.75, 3.05) is 68.4 Å². The van der Waals surface area contributed by atoms with Gasteiger partial charge in [0, 0.05) is 85.9 Å². The number of H-pyrrole nitrogens is 1. The number of nitrogens with two attached hydrogens (primary N) is 1. The fourth-order valence-electron chi connectivity index (χ4n) is 6.17. The Kier molecular flexibility index (Phi) is 8.44. The number of hydrogen-bond donors (Lipinski definition) is 5. The first kappa shape index (κ1) is 29.9. The number of carbonyl (C=O) groups is 1. The van der Waals surface area contributed by atoms with Crippen LogP contribution in [0.2, 0.25) is 0 Å². The van der Waals surface area contributed by atoms with Crippen molar-refractivity contribution in [3.8, 4) is 11.3 Å². The lowest BCUT2D eigenvalue weighted by Crippen LogP contribution is -2.52. The first-order chi connectivity index (χ1) is 21.1. The second-order valence-corrected chi connectivity index (χ2v) is 12.6. The topological polar surface area (TPSA) is 139 Å². The van der Waals surface area contributed by atoms with Crippen LogP contribution in [0.3, 0.4) is 0 Å². The van der Waals surface area contributed by atoms with E-state index in [4.69, 9.17) is 15.7 Å². The summed E-state index contributed by atoms with van der Waals surface area (Å²) in [5.74, 6) is 0.00557. The molecule has 0 saturated carbocycles. The van der Waals surface area contributed by atoms with Gasteiger partial charge in [-0.1, -0.05) is 12.1 Å². The minimum atomic E-state index is -0.996. The monoisotopic (exact) mass is 597 g/mol. The lowest BCUT2D eigenvalue weighted by Gasteiger charge is -2.42. The Bertz CT molecular complexity index is 1600. The van der Waals surface area contributed by atoms with Crippen LogP contribution in [0.15, 0.2) is 54.7 Å². The van der Waals surface area contributed by atoms with Crippen molar-refractivity contribution in [3.63, 3.8) is 0 Å². The van der Waals surface area contributed by atoms with Gasteiger partial charge in [-0.15, -0.1) is 0 Å². The molecule has 6 rings (SSSR count). The summed E-state index contributed by atoms with van der Waals surface area (Å²) in [6.07, 6.45) is 4.20. The number of hydrogen-bond acceptors (Lipinski definition) is 9. The number of nitrogens with one attached hydrogen (secondary N) is 3. The third-order valence-electron chi connectivity index (χ3n) is 8.68. The molecule has 2 fully saturated rings. The van der Waals surface area contributed by atoms with E-state index in [2.05, 4.69) is 49.5 Å². The molecule has 0 bridgehead atoms. The summed E-state index contributed by atoms with van der Waals surface area (Å²) in [5, 5.41) is 17.9. The number of nitrogens with zero attached hydrogens (tertiary/aromatic N) is 5. The quantitative estimate of drug-likeness (QED) is 0.195. The highest BCUT2D eigenvalue weighted by Gasteiger charge is 2.27. The first-order valence-electron chi connectivity index (χ1n) is 15.4. The van der Waals surface area contributed by atoms with Gasteiger partial charge in [-0.05, 0) is 70.1 Å². The van der Waals surface area contributed by atoms with E-state index in [0.29, 0.717) is 17.6 Å². The molecular weight excluding hydrogens is 554 g/mol. The number of piperidine rings is 1. The van der Waals surface area contributed by atoms with E-state index in [1.54, 1.807) is 13.8 Å². The maximum Gasteiger partial charge on any atom is 0.271 e. The number of aliphatic hydroxyl groups is 1. The van der Waals surface area contributed by atoms with Crippen LogP contribution in [0.4, 0.5) is 23.0 Å². The number of primary amides is 1. The Balaban J connectivity index is 1.22. The van der Waals surface area contributed by atoms with Gasteiger partial charge in [0.25, 0.3) is 5.91 Å². The fraction of sp³-hybridized carbons (Fsp3) is 0.424. The number of piperazine rings is 1. The molecule has 2 aromatic heterocycles. The van der Waals surface area contributed by atoms with Gasteiger partial charge in [0.05, 0.1) is 5.60 Å². The zero-order valence-corrected chi connectivity index (χ0v) is 25.8. The van der Waals surface area contributed by atoms with E-state index in [9.17, 15) is 9.90 Å². The molecule has 11 nitrogen and oxygen atoms in total. The number of amides is 1. The normalized spacial score (nSPS) is 17.2. The van der Waals surface area contributed by atoms with Crippen molar-refractivity contribution in [2.45, 2.75) is 38.3 Å². The third kappa shape index (κ3) is 6.64. The molecule has 0 atom stereocenters. The van der Waals surface area contributed by atoms with E-state index in [0.717, 1.165) is 61.4 Å². The van der Waals surface area contributed by atoms with Crippen molar-refractivity contribution in [1.29, 1.82) is 0 Å². The Morgan fingerprint density at radius 1 is 1.00 bits per heavy atom. The molecule has 0 aliphatic carbocycles. The predicted molar refractivity (Wildman–Crippen MR) is 177 cm³/mol. The highest BCUT2D eigenvalue weighted by molar-refractivity contribution is 6.00. The van der Waals surface area contributed by atoms with Gasteiger partial charge in [0.15, 0.2) is 17.3 Å². The molecule has 0 unspecified atom stereocenters. The van der Waals surface area contributed by atoms with Crippen LogP contribution in [0, 0.1) is 0 Å². The van der Waals surface area contributed by atoms with E-state index in [1.807, 2.05) is 42.6 Å². The summed E-state index contributed by atoms with van der Waals surface area (Å²) in [4.78, 5) is 32.9. The fourth-order valence-corrected chi connectivity index (χ4v) is 6.17. The zero-order valence-electron chi connectivity index (χ0n) is 25.8. The SMILES string of the molecule is CN1CCN(C2CCN(c3ccc(Nc4nc(NCC(C)(C)O)c(-c5cccc6[nH]ccc56)nc4C(N)=O)cc3)CC2)CC1. The molecule has 2 saturated heterocycles. The highest BCUT2D eigenvalue weighted by atomic mass is 16.3. The summed E-state index contributed by atoms with van der Waals surface area (Å²) in [6.45, 7) is 10.4. The molecule has 0 spiro atoms. The molecule has 232 valence electrons. The van der Waals surface area contributed by atoms with Gasteiger partial charge in [0.1, 0.15) is 5.69 Å². The smallest absolute Gasteiger partial charge is 0.271 e. The summed E-state index contributed by atoms with van der Waals surface area (Å²) in [5.41, 5.74) is 9.03.